The van der Waals surface area contributed by atoms with Crippen molar-refractivity contribution in [2.24, 2.45) is 0 Å². The zero-order valence-electron chi connectivity index (χ0n) is 12.3. The third kappa shape index (κ3) is 3.35. The fraction of sp³-hybridized carbons (Fsp3) is 0.438. The van der Waals surface area contributed by atoms with Crippen LogP contribution in [0, 0.1) is 0 Å². The van der Waals surface area contributed by atoms with Crippen molar-refractivity contribution in [1.82, 2.24) is 15.2 Å². The molecule has 4 nitrogen and oxygen atoms in total. The Kier molecular flexibility index (Phi) is 4.10. The van der Waals surface area contributed by atoms with Gasteiger partial charge in [0, 0.05) is 11.5 Å². The van der Waals surface area contributed by atoms with Crippen molar-refractivity contribution in [1.29, 1.82) is 0 Å². The number of nitrogens with zero attached hydrogens (tertiary/aromatic N) is 2. The van der Waals surface area contributed by atoms with Crippen LogP contribution in [-0.4, -0.2) is 26.2 Å². The minimum Gasteiger partial charge on any atom is -0.293 e. The summed E-state index contributed by atoms with van der Waals surface area (Å²) in [6, 6.07) is 7.85. The number of hydrogen-bond donors (Lipinski definition) is 1. The average molecular weight is 301 g/mol. The number of Topliss-reactive ketones (excluding diaryl/α,β-unsaturated/α-hetero) is 1. The summed E-state index contributed by atoms with van der Waals surface area (Å²) in [5.74, 6) is 1.64. The third-order valence-electron chi connectivity index (χ3n) is 3.74. The summed E-state index contributed by atoms with van der Waals surface area (Å²) in [5.41, 5.74) is 2.00. The van der Waals surface area contributed by atoms with Crippen molar-refractivity contribution in [3.05, 3.63) is 41.2 Å². The molecule has 1 saturated carbocycles. The lowest BCUT2D eigenvalue weighted by Gasteiger charge is -2.08. The van der Waals surface area contributed by atoms with E-state index in [2.05, 4.69) is 22.1 Å². The smallest absolute Gasteiger partial charge is 0.209 e. The summed E-state index contributed by atoms with van der Waals surface area (Å²) in [6.45, 7) is 4.02. The minimum atomic E-state index is -0.180. The van der Waals surface area contributed by atoms with E-state index in [4.69, 9.17) is 0 Å². The van der Waals surface area contributed by atoms with Crippen molar-refractivity contribution in [3.63, 3.8) is 0 Å². The molecule has 2 aromatic rings. The number of aryl methyl sites for hydroxylation is 1. The van der Waals surface area contributed by atoms with Gasteiger partial charge in [0.15, 0.2) is 5.78 Å². The van der Waals surface area contributed by atoms with Crippen LogP contribution in [0.15, 0.2) is 29.4 Å². The van der Waals surface area contributed by atoms with Crippen molar-refractivity contribution < 1.29 is 4.79 Å². The van der Waals surface area contributed by atoms with Crippen LogP contribution in [0.1, 0.15) is 54.4 Å². The van der Waals surface area contributed by atoms with Crippen LogP contribution in [0.25, 0.3) is 0 Å². The Labute approximate surface area is 128 Å². The maximum atomic E-state index is 12.4. The lowest BCUT2D eigenvalue weighted by molar-refractivity contribution is 0.0994. The summed E-state index contributed by atoms with van der Waals surface area (Å²) in [4.78, 5) is 16.9. The number of hydrogen-bond acceptors (Lipinski definition) is 4. The van der Waals surface area contributed by atoms with E-state index in [0.717, 1.165) is 17.8 Å². The lowest BCUT2D eigenvalue weighted by Crippen LogP contribution is -2.13. The number of H-pyrrole nitrogens is 1. The number of aromatic nitrogens is 3. The molecular formula is C16H19N3OS. The van der Waals surface area contributed by atoms with Crippen LogP contribution in [-0.2, 0) is 6.42 Å². The molecule has 21 heavy (non-hydrogen) atoms. The van der Waals surface area contributed by atoms with E-state index >= 15 is 0 Å². The zero-order valence-corrected chi connectivity index (χ0v) is 13.1. The van der Waals surface area contributed by atoms with Crippen LogP contribution >= 0.6 is 11.8 Å². The van der Waals surface area contributed by atoms with Gasteiger partial charge >= 0.3 is 0 Å². The molecule has 1 N–H and O–H groups in total. The van der Waals surface area contributed by atoms with E-state index in [0.29, 0.717) is 11.1 Å². The fourth-order valence-electron chi connectivity index (χ4n) is 2.20. The maximum absolute atomic E-state index is 12.4. The SMILES string of the molecule is CCc1ccc(C(=O)[C@H](C)Sc2n[nH]c(C3CC3)n2)cc1. The number of ketones is 1. The van der Waals surface area contributed by atoms with Crippen molar-refractivity contribution in [2.75, 3.05) is 0 Å². The summed E-state index contributed by atoms with van der Waals surface area (Å²) in [5, 5.41) is 7.66. The largest absolute Gasteiger partial charge is 0.293 e. The molecule has 1 fully saturated rings. The summed E-state index contributed by atoms with van der Waals surface area (Å²) >= 11 is 1.42. The molecule has 0 spiro atoms. The lowest BCUT2D eigenvalue weighted by atomic mass is 10.1. The molecule has 5 heteroatoms. The highest BCUT2D eigenvalue weighted by Crippen LogP contribution is 2.38. The molecule has 0 radical (unpaired) electrons. The fourth-order valence-corrected chi connectivity index (χ4v) is 3.01. The molecule has 3 rings (SSSR count). The molecule has 1 heterocycles. The Balaban J connectivity index is 1.65. The average Bonchev–Trinajstić information content (AvgIpc) is 3.27. The third-order valence-corrected chi connectivity index (χ3v) is 4.71. The molecule has 1 aliphatic rings. The first-order valence-corrected chi connectivity index (χ1v) is 8.27. The molecule has 1 atom stereocenters. The topological polar surface area (TPSA) is 58.6 Å². The van der Waals surface area contributed by atoms with Gasteiger partial charge in [0.2, 0.25) is 5.16 Å². The second-order valence-electron chi connectivity index (χ2n) is 5.45. The highest BCUT2D eigenvalue weighted by molar-refractivity contribution is 8.00. The highest BCUT2D eigenvalue weighted by Gasteiger charge is 2.28. The Morgan fingerprint density at radius 2 is 2.10 bits per heavy atom. The molecule has 1 aromatic carbocycles. The molecule has 1 aliphatic carbocycles. The molecule has 0 amide bonds. The number of thioether (sulfide) groups is 1. The first-order chi connectivity index (χ1) is 10.2. The van der Waals surface area contributed by atoms with E-state index in [9.17, 15) is 4.79 Å². The number of benzene rings is 1. The number of aromatic amines is 1. The monoisotopic (exact) mass is 301 g/mol. The van der Waals surface area contributed by atoms with Gasteiger partial charge in [0.25, 0.3) is 0 Å². The summed E-state index contributed by atoms with van der Waals surface area (Å²) in [6.07, 6.45) is 3.37. The number of carbonyl (C=O) groups excluding carboxylic acids is 1. The van der Waals surface area contributed by atoms with Gasteiger partial charge in [-0.3, -0.25) is 9.89 Å². The normalized spacial score (nSPS) is 15.9. The van der Waals surface area contributed by atoms with Crippen LogP contribution in [0.5, 0.6) is 0 Å². The van der Waals surface area contributed by atoms with Gasteiger partial charge in [-0.05, 0) is 31.7 Å². The van der Waals surface area contributed by atoms with Gasteiger partial charge in [-0.2, -0.15) is 0 Å². The van der Waals surface area contributed by atoms with Gasteiger partial charge < -0.3 is 0 Å². The molecule has 0 aliphatic heterocycles. The van der Waals surface area contributed by atoms with Gasteiger partial charge in [-0.25, -0.2) is 4.98 Å². The van der Waals surface area contributed by atoms with Crippen LogP contribution in [0.3, 0.4) is 0 Å². The van der Waals surface area contributed by atoms with Crippen LogP contribution in [0.4, 0.5) is 0 Å². The Morgan fingerprint density at radius 3 is 2.71 bits per heavy atom. The standard InChI is InChI=1S/C16H19N3OS/c1-3-11-4-6-12(7-5-11)14(20)10(2)21-16-17-15(18-19-16)13-8-9-13/h4-7,10,13H,3,8-9H2,1-2H3,(H,17,18,19)/t10-/m0/s1. The maximum Gasteiger partial charge on any atom is 0.209 e. The molecule has 0 saturated heterocycles. The van der Waals surface area contributed by atoms with Gasteiger partial charge in [0.1, 0.15) is 5.82 Å². The minimum absolute atomic E-state index is 0.125. The van der Waals surface area contributed by atoms with Gasteiger partial charge in [-0.15, -0.1) is 5.10 Å². The predicted molar refractivity (Wildman–Crippen MR) is 83.8 cm³/mol. The molecule has 110 valence electrons. The van der Waals surface area contributed by atoms with Gasteiger partial charge in [0.05, 0.1) is 5.25 Å². The first kappa shape index (κ1) is 14.3. The molecule has 1 aromatic heterocycles. The van der Waals surface area contributed by atoms with Crippen molar-refractivity contribution in [3.8, 4) is 0 Å². The Bertz CT molecular complexity index is 631. The second kappa shape index (κ2) is 6.02. The number of carbonyl (C=O) groups is 1. The molecular weight excluding hydrogens is 282 g/mol. The Morgan fingerprint density at radius 1 is 1.38 bits per heavy atom. The van der Waals surface area contributed by atoms with E-state index in [-0.39, 0.29) is 11.0 Å². The molecule has 0 bridgehead atoms. The van der Waals surface area contributed by atoms with Crippen molar-refractivity contribution in [2.45, 2.75) is 49.4 Å². The Hall–Kier alpha value is -1.62. The quantitative estimate of drug-likeness (QED) is 0.654. The summed E-state index contributed by atoms with van der Waals surface area (Å²) < 4.78 is 0. The van der Waals surface area contributed by atoms with Crippen LogP contribution in [0.2, 0.25) is 0 Å². The van der Waals surface area contributed by atoms with Crippen molar-refractivity contribution >= 4 is 17.5 Å². The second-order valence-corrected chi connectivity index (χ2v) is 6.76. The van der Waals surface area contributed by atoms with E-state index in [1.165, 1.54) is 30.2 Å². The zero-order chi connectivity index (χ0) is 14.8. The predicted octanol–water partition coefficient (Wildman–Crippen LogP) is 3.61. The van der Waals surface area contributed by atoms with E-state index < -0.39 is 0 Å². The first-order valence-electron chi connectivity index (χ1n) is 7.39. The van der Waals surface area contributed by atoms with E-state index in [1.807, 2.05) is 31.2 Å². The number of nitrogens with one attached hydrogen (secondary N) is 1. The highest BCUT2D eigenvalue weighted by atomic mass is 32.2. The van der Waals surface area contributed by atoms with E-state index in [1.54, 1.807) is 0 Å². The van der Waals surface area contributed by atoms with Crippen LogP contribution < -0.4 is 0 Å². The van der Waals surface area contributed by atoms with Gasteiger partial charge in [-0.1, -0.05) is 43.0 Å². The summed E-state index contributed by atoms with van der Waals surface area (Å²) in [7, 11) is 0. The molecule has 0 unspecified atom stereocenters. The number of rotatable bonds is 6.